The fraction of sp³-hybridized carbons (Fsp3) is 0.941. The van der Waals surface area contributed by atoms with E-state index >= 15 is 0 Å². The van der Waals surface area contributed by atoms with Crippen molar-refractivity contribution in [2.45, 2.75) is 58.9 Å². The van der Waals surface area contributed by atoms with E-state index in [0.29, 0.717) is 12.0 Å². The Balaban J connectivity index is 0.00000484. The minimum Gasteiger partial charge on any atom is -0.379 e. The summed E-state index contributed by atoms with van der Waals surface area (Å²) in [4.78, 5) is 6.89. The summed E-state index contributed by atoms with van der Waals surface area (Å²) in [6.45, 7) is 12.6. The van der Waals surface area contributed by atoms with E-state index in [2.05, 4.69) is 36.0 Å². The molecule has 0 aliphatic carbocycles. The molecule has 1 aliphatic rings. The van der Waals surface area contributed by atoms with Crippen LogP contribution in [-0.4, -0.2) is 56.3 Å². The predicted octanol–water partition coefficient (Wildman–Crippen LogP) is 2.84. The van der Waals surface area contributed by atoms with Gasteiger partial charge >= 0.3 is 0 Å². The van der Waals surface area contributed by atoms with Gasteiger partial charge in [0.15, 0.2) is 5.96 Å². The van der Waals surface area contributed by atoms with Crippen LogP contribution >= 0.6 is 24.0 Å². The van der Waals surface area contributed by atoms with Gasteiger partial charge in [-0.05, 0) is 38.6 Å². The van der Waals surface area contributed by atoms with E-state index in [0.717, 1.165) is 58.2 Å². The zero-order valence-corrected chi connectivity index (χ0v) is 17.6. The second kappa shape index (κ2) is 14.3. The Morgan fingerprint density at radius 2 is 1.83 bits per heavy atom. The van der Waals surface area contributed by atoms with Crippen molar-refractivity contribution in [2.24, 2.45) is 16.6 Å². The van der Waals surface area contributed by atoms with Crippen LogP contribution in [-0.2, 0) is 4.74 Å². The first-order valence-electron chi connectivity index (χ1n) is 8.94. The van der Waals surface area contributed by atoms with Crippen LogP contribution in [0.5, 0.6) is 0 Å². The molecule has 0 amide bonds. The number of nitrogens with one attached hydrogen (secondary N) is 1. The van der Waals surface area contributed by atoms with Crippen molar-refractivity contribution in [3.8, 4) is 0 Å². The third-order valence-electron chi connectivity index (χ3n) is 4.08. The van der Waals surface area contributed by atoms with E-state index in [1.807, 2.05) is 0 Å². The zero-order valence-electron chi connectivity index (χ0n) is 15.2. The Bertz CT molecular complexity index is 307. The van der Waals surface area contributed by atoms with Crippen molar-refractivity contribution in [3.63, 3.8) is 0 Å². The van der Waals surface area contributed by atoms with Crippen molar-refractivity contribution >= 4 is 29.9 Å². The van der Waals surface area contributed by atoms with Gasteiger partial charge in [-0.25, -0.2) is 0 Å². The van der Waals surface area contributed by atoms with Crippen LogP contribution in [0, 0.1) is 5.92 Å². The molecule has 0 aromatic rings. The Labute approximate surface area is 159 Å². The normalized spacial score (nSPS) is 17.8. The van der Waals surface area contributed by atoms with Gasteiger partial charge < -0.3 is 15.8 Å². The van der Waals surface area contributed by atoms with Gasteiger partial charge in [0, 0.05) is 25.7 Å². The van der Waals surface area contributed by atoms with Crippen molar-refractivity contribution in [3.05, 3.63) is 0 Å². The first-order chi connectivity index (χ1) is 10.6. The SMILES string of the molecule is CC(C)CCCC(C)NC(N)=NCCCCN1CCOCC1.I. The molecule has 1 unspecified atom stereocenters. The lowest BCUT2D eigenvalue weighted by Crippen LogP contribution is -2.38. The van der Waals surface area contributed by atoms with Gasteiger partial charge in [-0.15, -0.1) is 24.0 Å². The molecule has 5 nitrogen and oxygen atoms in total. The number of nitrogens with zero attached hydrogens (tertiary/aromatic N) is 2. The molecule has 0 radical (unpaired) electrons. The average molecular weight is 440 g/mol. The highest BCUT2D eigenvalue weighted by molar-refractivity contribution is 14.0. The summed E-state index contributed by atoms with van der Waals surface area (Å²) in [5.74, 6) is 1.38. The molecule has 3 N–H and O–H groups in total. The topological polar surface area (TPSA) is 62.9 Å². The number of rotatable bonds is 10. The molecule has 1 fully saturated rings. The molecule has 1 rings (SSSR count). The summed E-state index contributed by atoms with van der Waals surface area (Å²) >= 11 is 0. The Kier molecular flexibility index (Phi) is 14.2. The molecule has 1 atom stereocenters. The van der Waals surface area contributed by atoms with Crippen molar-refractivity contribution in [2.75, 3.05) is 39.4 Å². The molecule has 1 heterocycles. The molecule has 6 heteroatoms. The van der Waals surface area contributed by atoms with Crippen LogP contribution in [0.3, 0.4) is 0 Å². The standard InChI is InChI=1S/C17H36N4O.HI/c1-15(2)7-6-8-16(3)20-17(18)19-9-4-5-10-21-11-13-22-14-12-21;/h15-16H,4-14H2,1-3H3,(H3,18,19,20);1H. The Morgan fingerprint density at radius 3 is 2.48 bits per heavy atom. The number of hydrogen-bond acceptors (Lipinski definition) is 3. The minimum atomic E-state index is 0. The van der Waals surface area contributed by atoms with Crippen LogP contribution in [0.1, 0.15) is 52.9 Å². The van der Waals surface area contributed by atoms with Gasteiger partial charge in [0.05, 0.1) is 13.2 Å². The monoisotopic (exact) mass is 440 g/mol. The van der Waals surface area contributed by atoms with Crippen LogP contribution in [0.25, 0.3) is 0 Å². The molecule has 0 bridgehead atoms. The summed E-state index contributed by atoms with van der Waals surface area (Å²) < 4.78 is 5.35. The van der Waals surface area contributed by atoms with Crippen molar-refractivity contribution in [1.29, 1.82) is 0 Å². The number of morpholine rings is 1. The maximum Gasteiger partial charge on any atom is 0.188 e. The van der Waals surface area contributed by atoms with E-state index in [1.54, 1.807) is 0 Å². The summed E-state index contributed by atoms with van der Waals surface area (Å²) in [7, 11) is 0. The van der Waals surface area contributed by atoms with Crippen LogP contribution in [0.4, 0.5) is 0 Å². The van der Waals surface area contributed by atoms with Gasteiger partial charge in [0.1, 0.15) is 0 Å². The highest BCUT2D eigenvalue weighted by Gasteiger charge is 2.09. The third-order valence-corrected chi connectivity index (χ3v) is 4.08. The first-order valence-corrected chi connectivity index (χ1v) is 8.94. The average Bonchev–Trinajstić information content (AvgIpc) is 2.47. The minimum absolute atomic E-state index is 0. The highest BCUT2D eigenvalue weighted by atomic mass is 127. The molecule has 0 aromatic heterocycles. The predicted molar refractivity (Wildman–Crippen MR) is 110 cm³/mol. The van der Waals surface area contributed by atoms with Crippen LogP contribution in [0.2, 0.25) is 0 Å². The second-order valence-corrected chi connectivity index (χ2v) is 6.80. The lowest BCUT2D eigenvalue weighted by atomic mass is 10.0. The molecule has 0 spiro atoms. The second-order valence-electron chi connectivity index (χ2n) is 6.80. The number of unbranched alkanes of at least 4 members (excludes halogenated alkanes) is 1. The van der Waals surface area contributed by atoms with Gasteiger partial charge in [-0.1, -0.05) is 26.7 Å². The van der Waals surface area contributed by atoms with Gasteiger partial charge in [-0.3, -0.25) is 9.89 Å². The molecule has 0 aromatic carbocycles. The fourth-order valence-electron chi connectivity index (χ4n) is 2.67. The summed E-state index contributed by atoms with van der Waals surface area (Å²) in [5.41, 5.74) is 5.94. The summed E-state index contributed by atoms with van der Waals surface area (Å²) in [6, 6.07) is 0.413. The molecule has 1 aliphatic heterocycles. The third kappa shape index (κ3) is 12.9. The maximum atomic E-state index is 5.94. The van der Waals surface area contributed by atoms with Crippen LogP contribution < -0.4 is 11.1 Å². The first kappa shape index (κ1) is 22.9. The number of ether oxygens (including phenoxy) is 1. The molecule has 23 heavy (non-hydrogen) atoms. The lowest BCUT2D eigenvalue weighted by molar-refractivity contribution is 0.0373. The van der Waals surface area contributed by atoms with Gasteiger partial charge in [-0.2, -0.15) is 0 Å². The molecular formula is C17H37IN4O. The maximum absolute atomic E-state index is 5.94. The van der Waals surface area contributed by atoms with Crippen molar-refractivity contribution in [1.82, 2.24) is 10.2 Å². The van der Waals surface area contributed by atoms with E-state index in [4.69, 9.17) is 10.5 Å². The van der Waals surface area contributed by atoms with E-state index < -0.39 is 0 Å². The fourth-order valence-corrected chi connectivity index (χ4v) is 2.67. The smallest absolute Gasteiger partial charge is 0.188 e. The van der Waals surface area contributed by atoms with E-state index in [-0.39, 0.29) is 24.0 Å². The van der Waals surface area contributed by atoms with Crippen molar-refractivity contribution < 1.29 is 4.74 Å². The highest BCUT2D eigenvalue weighted by Crippen LogP contribution is 2.08. The molecule has 0 saturated carbocycles. The Morgan fingerprint density at radius 1 is 1.13 bits per heavy atom. The largest absolute Gasteiger partial charge is 0.379 e. The number of aliphatic imine (C=N–C) groups is 1. The summed E-state index contributed by atoms with van der Waals surface area (Å²) in [5, 5.41) is 3.29. The molecule has 1 saturated heterocycles. The summed E-state index contributed by atoms with van der Waals surface area (Å²) in [6.07, 6.45) is 5.97. The number of nitrogens with two attached hydrogens (primary N) is 1. The Hall–Kier alpha value is -0.0800. The van der Waals surface area contributed by atoms with E-state index in [1.165, 1.54) is 19.3 Å². The van der Waals surface area contributed by atoms with Gasteiger partial charge in [0.2, 0.25) is 0 Å². The number of guanidine groups is 1. The lowest BCUT2D eigenvalue weighted by Gasteiger charge is -2.26. The number of halogens is 1. The quantitative estimate of drug-likeness (QED) is 0.237. The molecular weight excluding hydrogens is 403 g/mol. The zero-order chi connectivity index (χ0) is 16.2. The van der Waals surface area contributed by atoms with Gasteiger partial charge in [0.25, 0.3) is 0 Å². The van der Waals surface area contributed by atoms with Crippen LogP contribution in [0.15, 0.2) is 4.99 Å². The van der Waals surface area contributed by atoms with E-state index in [9.17, 15) is 0 Å². The molecule has 138 valence electrons. The number of hydrogen-bond donors (Lipinski definition) is 2.